The molecular formula is C12H14Cl2N2O4. The molecule has 0 aromatic heterocycles. The fraction of sp³-hybridized carbons (Fsp3) is 0.333. The summed E-state index contributed by atoms with van der Waals surface area (Å²) in [6, 6.07) is 1.87. The maximum atomic E-state index is 11.8. The molecule has 0 spiro atoms. The number of halogens is 2. The summed E-state index contributed by atoms with van der Waals surface area (Å²) < 4.78 is 0. The molecule has 20 heavy (non-hydrogen) atoms. The lowest BCUT2D eigenvalue weighted by atomic mass is 10.2. The van der Waals surface area contributed by atoms with E-state index in [4.69, 9.17) is 28.3 Å². The number of urea groups is 1. The van der Waals surface area contributed by atoms with E-state index in [2.05, 4.69) is 5.32 Å². The van der Waals surface area contributed by atoms with Gasteiger partial charge in [-0.05, 0) is 19.1 Å². The van der Waals surface area contributed by atoms with Crippen molar-refractivity contribution in [2.24, 2.45) is 0 Å². The van der Waals surface area contributed by atoms with E-state index in [0.717, 1.165) is 0 Å². The van der Waals surface area contributed by atoms with Crippen LogP contribution in [0.3, 0.4) is 0 Å². The topological polar surface area (TPSA) is 89.9 Å². The van der Waals surface area contributed by atoms with Crippen LogP contribution in [0.25, 0.3) is 0 Å². The van der Waals surface area contributed by atoms with E-state index >= 15 is 0 Å². The monoisotopic (exact) mass is 320 g/mol. The summed E-state index contributed by atoms with van der Waals surface area (Å²) >= 11 is 11.8. The second-order valence-corrected chi connectivity index (χ2v) is 5.09. The zero-order valence-electron chi connectivity index (χ0n) is 10.9. The van der Waals surface area contributed by atoms with Crippen molar-refractivity contribution in [2.45, 2.75) is 13.0 Å². The largest absolute Gasteiger partial charge is 0.478 e. The molecule has 6 nitrogen and oxygen atoms in total. The van der Waals surface area contributed by atoms with Gasteiger partial charge < -0.3 is 20.4 Å². The Morgan fingerprint density at radius 1 is 1.35 bits per heavy atom. The molecule has 110 valence electrons. The number of amides is 2. The second-order valence-electron chi connectivity index (χ2n) is 4.28. The van der Waals surface area contributed by atoms with Gasteiger partial charge >= 0.3 is 12.0 Å². The van der Waals surface area contributed by atoms with Gasteiger partial charge in [-0.25, -0.2) is 9.59 Å². The summed E-state index contributed by atoms with van der Waals surface area (Å²) in [5.74, 6) is -1.17. The van der Waals surface area contributed by atoms with Crippen molar-refractivity contribution in [2.75, 3.05) is 18.9 Å². The van der Waals surface area contributed by atoms with E-state index < -0.39 is 18.1 Å². The van der Waals surface area contributed by atoms with Crippen molar-refractivity contribution in [3.05, 3.63) is 27.7 Å². The number of aliphatic hydroxyl groups is 1. The number of benzene rings is 1. The van der Waals surface area contributed by atoms with Crippen LogP contribution in [0.2, 0.25) is 10.0 Å². The van der Waals surface area contributed by atoms with Crippen LogP contribution in [0.5, 0.6) is 0 Å². The van der Waals surface area contributed by atoms with Gasteiger partial charge in [0.2, 0.25) is 0 Å². The number of anilines is 1. The fourth-order valence-corrected chi connectivity index (χ4v) is 2.08. The van der Waals surface area contributed by atoms with E-state index in [1.54, 1.807) is 6.92 Å². The minimum Gasteiger partial charge on any atom is -0.478 e. The molecule has 0 heterocycles. The first kappa shape index (κ1) is 16.6. The Bertz CT molecular complexity index is 511. The molecular weight excluding hydrogens is 307 g/mol. The van der Waals surface area contributed by atoms with Crippen LogP contribution < -0.4 is 5.32 Å². The molecule has 0 aliphatic rings. The first-order valence-electron chi connectivity index (χ1n) is 5.65. The Labute approximate surface area is 125 Å². The highest BCUT2D eigenvalue weighted by Gasteiger charge is 2.17. The predicted molar refractivity (Wildman–Crippen MR) is 76.8 cm³/mol. The van der Waals surface area contributed by atoms with Crippen LogP contribution in [0.1, 0.15) is 17.3 Å². The summed E-state index contributed by atoms with van der Waals surface area (Å²) in [5.41, 5.74) is 0.0520. The average Bonchev–Trinajstić information content (AvgIpc) is 2.32. The van der Waals surface area contributed by atoms with E-state index in [9.17, 15) is 14.7 Å². The van der Waals surface area contributed by atoms with E-state index in [1.807, 2.05) is 0 Å². The smallest absolute Gasteiger partial charge is 0.335 e. The average molecular weight is 321 g/mol. The number of aliphatic hydroxyl groups excluding tert-OH is 1. The number of hydrogen-bond donors (Lipinski definition) is 3. The number of nitrogens with one attached hydrogen (secondary N) is 1. The number of carboxylic acids is 1. The minimum atomic E-state index is -1.17. The van der Waals surface area contributed by atoms with Crippen LogP contribution in [-0.4, -0.2) is 46.8 Å². The summed E-state index contributed by atoms with van der Waals surface area (Å²) in [6.07, 6.45) is -0.675. The van der Waals surface area contributed by atoms with Crippen molar-refractivity contribution in [1.29, 1.82) is 0 Å². The lowest BCUT2D eigenvalue weighted by Crippen LogP contribution is -2.36. The number of rotatable bonds is 4. The van der Waals surface area contributed by atoms with Crippen molar-refractivity contribution in [3.63, 3.8) is 0 Å². The Kier molecular flexibility index (Phi) is 5.62. The van der Waals surface area contributed by atoms with Crippen LogP contribution in [0.15, 0.2) is 12.1 Å². The number of likely N-dealkylation sites (N-methyl/N-ethyl adjacent to an activating group) is 1. The van der Waals surface area contributed by atoms with Gasteiger partial charge in [-0.15, -0.1) is 0 Å². The van der Waals surface area contributed by atoms with Crippen LogP contribution in [-0.2, 0) is 0 Å². The Balaban J connectivity index is 2.93. The molecule has 0 aliphatic carbocycles. The lowest BCUT2D eigenvalue weighted by Gasteiger charge is -2.20. The van der Waals surface area contributed by atoms with Crippen molar-refractivity contribution < 1.29 is 19.8 Å². The zero-order chi connectivity index (χ0) is 15.4. The van der Waals surface area contributed by atoms with Crippen molar-refractivity contribution >= 4 is 40.9 Å². The van der Waals surface area contributed by atoms with Gasteiger partial charge in [0, 0.05) is 13.6 Å². The molecule has 0 fully saturated rings. The molecule has 0 radical (unpaired) electrons. The molecule has 0 bridgehead atoms. The first-order valence-corrected chi connectivity index (χ1v) is 6.40. The summed E-state index contributed by atoms with van der Waals surface area (Å²) in [5, 5.41) is 20.6. The van der Waals surface area contributed by atoms with Crippen LogP contribution in [0, 0.1) is 0 Å². The standard InChI is InChI=1S/C12H14Cl2N2O4/c1-6(17)5-16(2)12(20)15-10-8(13)3-7(11(18)19)4-9(10)14/h3-4,6,17H,5H2,1-2H3,(H,15,20)(H,18,19). The third kappa shape index (κ3) is 4.26. The van der Waals surface area contributed by atoms with Gasteiger partial charge in [0.1, 0.15) is 0 Å². The molecule has 1 atom stereocenters. The molecule has 0 aliphatic heterocycles. The van der Waals surface area contributed by atoms with Crippen molar-refractivity contribution in [3.8, 4) is 0 Å². The van der Waals surface area contributed by atoms with Gasteiger partial charge in [0.15, 0.2) is 0 Å². The highest BCUT2D eigenvalue weighted by atomic mass is 35.5. The molecule has 0 saturated heterocycles. The Hall–Kier alpha value is -1.50. The Morgan fingerprint density at radius 3 is 2.25 bits per heavy atom. The lowest BCUT2D eigenvalue weighted by molar-refractivity contribution is 0.0697. The molecule has 1 aromatic carbocycles. The molecule has 1 unspecified atom stereocenters. The highest BCUT2D eigenvalue weighted by Crippen LogP contribution is 2.32. The van der Waals surface area contributed by atoms with Gasteiger partial charge in [-0.2, -0.15) is 0 Å². The molecule has 1 aromatic rings. The summed E-state index contributed by atoms with van der Waals surface area (Å²) in [7, 11) is 1.50. The minimum absolute atomic E-state index is 0.0219. The maximum absolute atomic E-state index is 11.8. The van der Waals surface area contributed by atoms with Gasteiger partial charge in [0.25, 0.3) is 0 Å². The molecule has 0 saturated carbocycles. The SMILES string of the molecule is CC(O)CN(C)C(=O)Nc1c(Cl)cc(C(=O)O)cc1Cl. The normalized spacial score (nSPS) is 11.8. The Morgan fingerprint density at radius 2 is 1.85 bits per heavy atom. The fourth-order valence-electron chi connectivity index (χ4n) is 1.50. The molecule has 2 amide bonds. The number of hydrogen-bond acceptors (Lipinski definition) is 3. The third-order valence-electron chi connectivity index (χ3n) is 2.41. The first-order chi connectivity index (χ1) is 9.22. The highest BCUT2D eigenvalue weighted by molar-refractivity contribution is 6.40. The van der Waals surface area contributed by atoms with Crippen LogP contribution in [0.4, 0.5) is 10.5 Å². The van der Waals surface area contributed by atoms with Crippen molar-refractivity contribution in [1.82, 2.24) is 4.90 Å². The summed E-state index contributed by atoms with van der Waals surface area (Å²) in [4.78, 5) is 23.9. The zero-order valence-corrected chi connectivity index (χ0v) is 12.4. The van der Waals surface area contributed by atoms with Crippen LogP contribution >= 0.6 is 23.2 Å². The molecule has 1 rings (SSSR count). The molecule has 3 N–H and O–H groups in total. The van der Waals surface area contributed by atoms with E-state index in [0.29, 0.717) is 0 Å². The van der Waals surface area contributed by atoms with Gasteiger partial charge in [0.05, 0.1) is 27.4 Å². The third-order valence-corrected chi connectivity index (χ3v) is 3.00. The second kappa shape index (κ2) is 6.78. The molecule has 8 heteroatoms. The van der Waals surface area contributed by atoms with E-state index in [1.165, 1.54) is 24.1 Å². The number of carboxylic acid groups (broad SMARTS) is 1. The van der Waals surface area contributed by atoms with E-state index in [-0.39, 0.29) is 27.8 Å². The number of carbonyl (C=O) groups is 2. The quantitative estimate of drug-likeness (QED) is 0.795. The number of aromatic carboxylic acids is 1. The summed E-state index contributed by atoms with van der Waals surface area (Å²) in [6.45, 7) is 1.68. The van der Waals surface area contributed by atoms with Gasteiger partial charge in [-0.1, -0.05) is 23.2 Å². The number of nitrogens with zero attached hydrogens (tertiary/aromatic N) is 1. The number of carbonyl (C=O) groups excluding carboxylic acids is 1. The predicted octanol–water partition coefficient (Wildman–Crippen LogP) is 2.54. The van der Waals surface area contributed by atoms with Gasteiger partial charge in [-0.3, -0.25) is 0 Å². The maximum Gasteiger partial charge on any atom is 0.335 e.